The van der Waals surface area contributed by atoms with E-state index < -0.39 is 0 Å². The van der Waals surface area contributed by atoms with Gasteiger partial charge >= 0.3 is 0 Å². The second-order valence-electron chi connectivity index (χ2n) is 7.34. The maximum absolute atomic E-state index is 12.3. The van der Waals surface area contributed by atoms with E-state index in [1.165, 1.54) is 22.9 Å². The number of carbonyl (C=O) groups is 1. The van der Waals surface area contributed by atoms with Gasteiger partial charge in [0.2, 0.25) is 0 Å². The Labute approximate surface area is 191 Å². The fourth-order valence-corrected chi connectivity index (χ4v) is 3.80. The number of aromatic nitrogens is 3. The smallest absolute Gasteiger partial charge is 0.250 e. The first-order valence-corrected chi connectivity index (χ1v) is 11.2. The SMILES string of the molecule is Cc1ccc(-c2nnc(SCC(=O)N/N=C/c3ccccc3)n2-c2ccc(C)cc2)cc1. The molecule has 0 radical (unpaired) electrons. The Morgan fingerprint density at radius 1 is 0.938 bits per heavy atom. The van der Waals surface area contributed by atoms with E-state index in [1.807, 2.05) is 78.2 Å². The zero-order valence-electron chi connectivity index (χ0n) is 17.9. The molecule has 0 aliphatic heterocycles. The van der Waals surface area contributed by atoms with Crippen LogP contribution in [0.5, 0.6) is 0 Å². The lowest BCUT2D eigenvalue weighted by molar-refractivity contribution is -0.118. The molecular formula is C25H23N5OS. The largest absolute Gasteiger partial charge is 0.272 e. The van der Waals surface area contributed by atoms with E-state index in [9.17, 15) is 4.79 Å². The number of hydrogen-bond acceptors (Lipinski definition) is 5. The van der Waals surface area contributed by atoms with Crippen molar-refractivity contribution in [3.8, 4) is 17.1 Å². The maximum atomic E-state index is 12.3. The van der Waals surface area contributed by atoms with Crippen LogP contribution >= 0.6 is 11.8 Å². The van der Waals surface area contributed by atoms with Gasteiger partial charge in [-0.3, -0.25) is 9.36 Å². The first kappa shape index (κ1) is 21.5. The minimum atomic E-state index is -0.211. The maximum Gasteiger partial charge on any atom is 0.250 e. The summed E-state index contributed by atoms with van der Waals surface area (Å²) in [4.78, 5) is 12.3. The molecule has 6 nitrogen and oxygen atoms in total. The van der Waals surface area contributed by atoms with Crippen LogP contribution in [0.4, 0.5) is 0 Å². The monoisotopic (exact) mass is 441 g/mol. The number of thioether (sulfide) groups is 1. The number of nitrogens with zero attached hydrogens (tertiary/aromatic N) is 4. The molecule has 1 N–H and O–H groups in total. The van der Waals surface area contributed by atoms with Crippen LogP contribution in [-0.4, -0.2) is 32.6 Å². The molecule has 0 atom stereocenters. The van der Waals surface area contributed by atoms with Crippen LogP contribution in [0, 0.1) is 13.8 Å². The third-order valence-corrected chi connectivity index (χ3v) is 5.70. The van der Waals surface area contributed by atoms with Crippen molar-refractivity contribution < 1.29 is 4.79 Å². The van der Waals surface area contributed by atoms with Crippen molar-refractivity contribution in [2.45, 2.75) is 19.0 Å². The summed E-state index contributed by atoms with van der Waals surface area (Å²) in [7, 11) is 0. The molecular weight excluding hydrogens is 418 g/mol. The van der Waals surface area contributed by atoms with Gasteiger partial charge in [0.1, 0.15) is 0 Å². The summed E-state index contributed by atoms with van der Waals surface area (Å²) >= 11 is 1.32. The highest BCUT2D eigenvalue weighted by Crippen LogP contribution is 2.28. The van der Waals surface area contributed by atoms with E-state index in [1.54, 1.807) is 6.21 Å². The van der Waals surface area contributed by atoms with Crippen molar-refractivity contribution in [2.75, 3.05) is 5.75 Å². The minimum Gasteiger partial charge on any atom is -0.272 e. The molecule has 1 heterocycles. The topological polar surface area (TPSA) is 72.2 Å². The predicted octanol–water partition coefficient (Wildman–Crippen LogP) is 4.79. The summed E-state index contributed by atoms with van der Waals surface area (Å²) in [5.41, 5.74) is 7.74. The van der Waals surface area contributed by atoms with Crippen LogP contribution in [0.2, 0.25) is 0 Å². The van der Waals surface area contributed by atoms with Gasteiger partial charge in [0.05, 0.1) is 12.0 Å². The van der Waals surface area contributed by atoms with Gasteiger partial charge in [-0.15, -0.1) is 10.2 Å². The third kappa shape index (κ3) is 5.31. The predicted molar refractivity (Wildman–Crippen MR) is 129 cm³/mol. The number of aryl methyl sites for hydroxylation is 2. The molecule has 160 valence electrons. The average molecular weight is 442 g/mol. The molecule has 3 aromatic carbocycles. The Balaban J connectivity index is 1.53. The third-order valence-electron chi connectivity index (χ3n) is 4.77. The molecule has 0 unspecified atom stereocenters. The molecule has 32 heavy (non-hydrogen) atoms. The van der Waals surface area contributed by atoms with Gasteiger partial charge in [0.15, 0.2) is 11.0 Å². The fourth-order valence-electron chi connectivity index (χ4n) is 3.06. The highest BCUT2D eigenvalue weighted by molar-refractivity contribution is 7.99. The molecule has 4 aromatic rings. The first-order valence-electron chi connectivity index (χ1n) is 10.2. The van der Waals surface area contributed by atoms with Crippen molar-refractivity contribution in [1.29, 1.82) is 0 Å². The van der Waals surface area contributed by atoms with Crippen molar-refractivity contribution >= 4 is 23.9 Å². The van der Waals surface area contributed by atoms with Crippen molar-refractivity contribution in [3.63, 3.8) is 0 Å². The number of rotatable bonds is 7. The second kappa shape index (κ2) is 10.1. The standard InChI is InChI=1S/C25H23N5OS/c1-18-8-12-21(13-9-18)24-28-29-25(30(24)22-14-10-19(2)11-15-22)32-17-23(31)27-26-16-20-6-4-3-5-7-20/h3-16H,17H2,1-2H3,(H,27,31)/b26-16+. The van der Waals surface area contributed by atoms with Crippen LogP contribution in [-0.2, 0) is 4.79 Å². The highest BCUT2D eigenvalue weighted by atomic mass is 32.2. The summed E-state index contributed by atoms with van der Waals surface area (Å²) in [5, 5.41) is 13.5. The quantitative estimate of drug-likeness (QED) is 0.254. The van der Waals surface area contributed by atoms with Crippen LogP contribution in [0.1, 0.15) is 16.7 Å². The van der Waals surface area contributed by atoms with E-state index in [-0.39, 0.29) is 11.7 Å². The van der Waals surface area contributed by atoms with Gasteiger partial charge in [-0.25, -0.2) is 5.43 Å². The molecule has 0 saturated carbocycles. The Hall–Kier alpha value is -3.71. The molecule has 0 saturated heterocycles. The van der Waals surface area contributed by atoms with Gasteiger partial charge < -0.3 is 0 Å². The lowest BCUT2D eigenvalue weighted by atomic mass is 10.1. The molecule has 4 rings (SSSR count). The molecule has 7 heteroatoms. The summed E-state index contributed by atoms with van der Waals surface area (Å²) in [6.07, 6.45) is 1.62. The Kier molecular flexibility index (Phi) is 6.77. The van der Waals surface area contributed by atoms with E-state index in [4.69, 9.17) is 0 Å². The van der Waals surface area contributed by atoms with Gasteiger partial charge in [0, 0.05) is 11.3 Å². The molecule has 0 aliphatic rings. The zero-order chi connectivity index (χ0) is 22.3. The normalized spacial score (nSPS) is 11.1. The second-order valence-corrected chi connectivity index (χ2v) is 8.28. The fraction of sp³-hybridized carbons (Fsp3) is 0.120. The van der Waals surface area contributed by atoms with Gasteiger partial charge in [-0.1, -0.05) is 89.6 Å². The molecule has 0 aliphatic carbocycles. The number of carbonyl (C=O) groups excluding carboxylic acids is 1. The lowest BCUT2D eigenvalue weighted by Gasteiger charge is -2.11. The van der Waals surface area contributed by atoms with Crippen LogP contribution in [0.3, 0.4) is 0 Å². The number of benzene rings is 3. The van der Waals surface area contributed by atoms with Gasteiger partial charge in [-0.2, -0.15) is 5.10 Å². The van der Waals surface area contributed by atoms with Gasteiger partial charge in [-0.05, 0) is 31.5 Å². The number of nitrogens with one attached hydrogen (secondary N) is 1. The summed E-state index contributed by atoms with van der Waals surface area (Å²) in [6, 6.07) is 25.9. The van der Waals surface area contributed by atoms with E-state index in [2.05, 4.69) is 39.8 Å². The van der Waals surface area contributed by atoms with Crippen LogP contribution < -0.4 is 5.43 Å². The van der Waals surface area contributed by atoms with E-state index >= 15 is 0 Å². The molecule has 1 aromatic heterocycles. The van der Waals surface area contributed by atoms with Crippen molar-refractivity contribution in [2.24, 2.45) is 5.10 Å². The van der Waals surface area contributed by atoms with Crippen molar-refractivity contribution in [1.82, 2.24) is 20.2 Å². The van der Waals surface area contributed by atoms with Crippen LogP contribution in [0.15, 0.2) is 89.1 Å². The van der Waals surface area contributed by atoms with E-state index in [0.717, 1.165) is 22.6 Å². The van der Waals surface area contributed by atoms with Crippen LogP contribution in [0.25, 0.3) is 17.1 Å². The molecule has 1 amide bonds. The molecule has 0 spiro atoms. The Morgan fingerprint density at radius 2 is 1.59 bits per heavy atom. The highest BCUT2D eigenvalue weighted by Gasteiger charge is 2.17. The zero-order valence-corrected chi connectivity index (χ0v) is 18.7. The summed E-state index contributed by atoms with van der Waals surface area (Å²) < 4.78 is 1.98. The first-order chi connectivity index (χ1) is 15.6. The number of hydrazone groups is 1. The Bertz CT molecular complexity index is 1220. The number of amides is 1. The average Bonchev–Trinajstić information content (AvgIpc) is 3.23. The summed E-state index contributed by atoms with van der Waals surface area (Å²) in [6.45, 7) is 4.10. The molecule has 0 fully saturated rings. The summed E-state index contributed by atoms with van der Waals surface area (Å²) in [5.74, 6) is 0.695. The van der Waals surface area contributed by atoms with Crippen molar-refractivity contribution in [3.05, 3.63) is 95.6 Å². The Morgan fingerprint density at radius 3 is 2.28 bits per heavy atom. The lowest BCUT2D eigenvalue weighted by Crippen LogP contribution is -2.20. The van der Waals surface area contributed by atoms with E-state index in [0.29, 0.717) is 5.16 Å². The molecule has 0 bridgehead atoms. The minimum absolute atomic E-state index is 0.171. The van der Waals surface area contributed by atoms with Gasteiger partial charge in [0.25, 0.3) is 5.91 Å². The number of hydrogen-bond donors (Lipinski definition) is 1.